The van der Waals surface area contributed by atoms with Gasteiger partial charge in [-0.15, -0.1) is 34.0 Å². The van der Waals surface area contributed by atoms with Crippen molar-refractivity contribution in [1.29, 1.82) is 0 Å². The Morgan fingerprint density at radius 3 is 0.948 bits per heavy atom. The van der Waals surface area contributed by atoms with Crippen LogP contribution in [0.5, 0.6) is 0 Å². The van der Waals surface area contributed by atoms with Crippen molar-refractivity contribution in [3.63, 3.8) is 0 Å². The molecule has 8 aromatic heterocycles. The lowest BCUT2D eigenvalue weighted by atomic mass is 9.80. The van der Waals surface area contributed by atoms with Gasteiger partial charge in [0.2, 0.25) is 23.6 Å². The van der Waals surface area contributed by atoms with Gasteiger partial charge in [0.05, 0.1) is 102 Å². The molecule has 4 aromatic carbocycles. The Morgan fingerprint density at radius 1 is 0.393 bits per heavy atom. The zero-order valence-corrected chi connectivity index (χ0v) is 82.7. The minimum Gasteiger partial charge on any atom is -0.384 e. The molecule has 722 valence electrons. The molecule has 12 aromatic rings. The molecule has 135 heavy (non-hydrogen) atoms. The van der Waals surface area contributed by atoms with E-state index in [9.17, 15) is 39.6 Å². The number of nitrogens with one attached hydrogen (secondary N) is 8. The van der Waals surface area contributed by atoms with Crippen LogP contribution in [0.1, 0.15) is 187 Å². The Balaban J connectivity index is 0.000000125. The number of aromatic nitrogens is 13. The molecule has 0 bridgehead atoms. The van der Waals surface area contributed by atoms with E-state index in [0.29, 0.717) is 30.1 Å². The fourth-order valence-electron chi connectivity index (χ4n) is 21.0. The van der Waals surface area contributed by atoms with Crippen molar-refractivity contribution in [2.75, 3.05) is 99.8 Å². The van der Waals surface area contributed by atoms with Gasteiger partial charge in [0, 0.05) is 170 Å². The molecule has 4 aliphatic heterocycles. The summed E-state index contributed by atoms with van der Waals surface area (Å²) in [5.41, 5.74) is 5.84. The molecule has 12 heterocycles. The van der Waals surface area contributed by atoms with E-state index in [-0.39, 0.29) is 74.0 Å². The summed E-state index contributed by atoms with van der Waals surface area (Å²) >= 11 is 4.90. The smallest absolute Gasteiger partial charge is 0.239 e. The minimum atomic E-state index is -0.826. The topological polar surface area (TPSA) is 386 Å². The quantitative estimate of drug-likeness (QED) is 0.0240. The van der Waals surface area contributed by atoms with Gasteiger partial charge in [-0.05, 0) is 192 Å². The molecule has 0 unspecified atom stereocenters. The van der Waals surface area contributed by atoms with Gasteiger partial charge in [-0.1, -0.05) is 67.3 Å². The number of thiazole rings is 3. The summed E-state index contributed by atoms with van der Waals surface area (Å²) in [7, 11) is 9.59. The number of anilines is 4. The first-order valence-corrected chi connectivity index (χ1v) is 50.7. The lowest BCUT2D eigenvalue weighted by Crippen LogP contribution is -2.63. The molecule has 12 N–H and O–H groups in total. The number of hydrogen-bond acceptors (Lipinski definition) is 27. The average molecular weight is 1900 g/mol. The van der Waals surface area contributed by atoms with Gasteiger partial charge in [-0.2, -0.15) is 20.4 Å². The van der Waals surface area contributed by atoms with Crippen molar-refractivity contribution in [1.82, 2.24) is 104 Å². The van der Waals surface area contributed by atoms with Crippen LogP contribution < -0.4 is 42.5 Å². The SMILES string of the molecule is CCc1ncc(C2(O)CCC(N3CC(NC(=O)CNc4nn(C)c5ccc(C)cc45)C3)CC2)s1.Cc1ccc2c(c1)c(NCC(=O)NC1CN(C3CCC(O)(c4cnc(C(C)C)s4)CC3)C1)nn2C.Cc1ccc2c(c1)c(NCC(=O)NC1CN(C3CCC(O)(c4cnc(C)s4)CC3)C1)nn2C.Cc1ccc2c(c1)c(NCC(=O)NC1CN(C3CCC(O)(c4nccn4C)CC3)C1)nn2C. The van der Waals surface area contributed by atoms with Gasteiger partial charge in [-0.3, -0.25) is 57.5 Å². The van der Waals surface area contributed by atoms with Crippen molar-refractivity contribution in [2.24, 2.45) is 35.2 Å². The van der Waals surface area contributed by atoms with Crippen LogP contribution in [0.25, 0.3) is 43.6 Å². The van der Waals surface area contributed by atoms with Crippen LogP contribution in [0.3, 0.4) is 0 Å². The molecule has 4 aliphatic carbocycles. The van der Waals surface area contributed by atoms with E-state index in [4.69, 9.17) is 0 Å². The Labute approximate surface area is 801 Å². The maximum Gasteiger partial charge on any atom is 0.239 e. The van der Waals surface area contributed by atoms with Crippen LogP contribution in [-0.4, -0.2) is 254 Å². The molecular formula is C99H135N25O8S3. The molecule has 8 fully saturated rings. The number of likely N-dealkylation sites (tertiary alicyclic amines) is 4. The Kier molecular flexibility index (Phi) is 29.1. The number of hydrogen-bond donors (Lipinski definition) is 12. The molecule has 33 nitrogen and oxygen atoms in total. The fraction of sp³-hybridized carbons (Fsp3) is 0.556. The molecule has 36 heteroatoms. The molecule has 4 saturated carbocycles. The van der Waals surface area contributed by atoms with Gasteiger partial charge in [0.15, 0.2) is 23.3 Å². The largest absolute Gasteiger partial charge is 0.384 e. The van der Waals surface area contributed by atoms with E-state index in [1.807, 2.05) is 96.3 Å². The Hall–Kier alpha value is -10.4. The second-order valence-corrected chi connectivity index (χ2v) is 43.0. The number of amides is 4. The predicted octanol–water partition coefficient (Wildman–Crippen LogP) is 10.8. The van der Waals surface area contributed by atoms with Crippen LogP contribution in [-0.2, 0) is 83.2 Å². The van der Waals surface area contributed by atoms with Gasteiger partial charge in [0.25, 0.3) is 0 Å². The van der Waals surface area contributed by atoms with Crippen LogP contribution in [0.2, 0.25) is 0 Å². The first-order valence-electron chi connectivity index (χ1n) is 48.2. The third-order valence-corrected chi connectivity index (χ3v) is 33.0. The van der Waals surface area contributed by atoms with E-state index in [0.717, 1.165) is 264 Å². The van der Waals surface area contributed by atoms with E-state index in [1.54, 1.807) is 40.2 Å². The van der Waals surface area contributed by atoms with Crippen molar-refractivity contribution in [3.8, 4) is 0 Å². The van der Waals surface area contributed by atoms with Crippen LogP contribution in [0.4, 0.5) is 23.3 Å². The number of rotatable bonds is 26. The van der Waals surface area contributed by atoms with E-state index >= 15 is 0 Å². The van der Waals surface area contributed by atoms with Crippen molar-refractivity contribution in [3.05, 3.63) is 162 Å². The first-order chi connectivity index (χ1) is 64.7. The summed E-state index contributed by atoms with van der Waals surface area (Å²) in [4.78, 5) is 80.4. The maximum absolute atomic E-state index is 12.5. The number of nitrogens with zero attached hydrogens (tertiary/aromatic N) is 17. The monoisotopic (exact) mass is 1900 g/mol. The van der Waals surface area contributed by atoms with Crippen LogP contribution in [0.15, 0.2) is 104 Å². The van der Waals surface area contributed by atoms with E-state index in [1.165, 1.54) is 22.3 Å². The first kappa shape index (κ1) is 96.3. The lowest BCUT2D eigenvalue weighted by Gasteiger charge is -2.48. The zero-order valence-electron chi connectivity index (χ0n) is 80.3. The third kappa shape index (κ3) is 22.0. The molecular weight excluding hydrogens is 1760 g/mol. The Morgan fingerprint density at radius 2 is 0.681 bits per heavy atom. The van der Waals surface area contributed by atoms with Gasteiger partial charge in [0.1, 0.15) is 28.2 Å². The summed E-state index contributed by atoms with van der Waals surface area (Å²) in [5.74, 6) is 4.08. The summed E-state index contributed by atoms with van der Waals surface area (Å²) in [6.45, 7) is 24.4. The van der Waals surface area contributed by atoms with Crippen LogP contribution >= 0.6 is 34.0 Å². The van der Waals surface area contributed by atoms with Crippen molar-refractivity contribution >= 4 is 125 Å². The normalized spacial score (nSPS) is 23.8. The number of imidazole rings is 1. The molecule has 4 amide bonds. The van der Waals surface area contributed by atoms with Crippen molar-refractivity contribution in [2.45, 2.75) is 241 Å². The second-order valence-electron chi connectivity index (χ2n) is 39.6. The number of fused-ring (bicyclic) bond motifs is 4. The molecule has 0 radical (unpaired) electrons. The third-order valence-electron chi connectivity index (χ3n) is 29.1. The highest BCUT2D eigenvalue weighted by Crippen LogP contribution is 2.47. The van der Waals surface area contributed by atoms with E-state index in [2.05, 4.69) is 218 Å². The minimum absolute atomic E-state index is 0.00829. The zero-order chi connectivity index (χ0) is 94.9. The summed E-state index contributed by atoms with van der Waals surface area (Å²) in [6.07, 6.45) is 23.9. The number of aliphatic hydroxyl groups is 4. The van der Waals surface area contributed by atoms with Crippen molar-refractivity contribution < 1.29 is 39.6 Å². The van der Waals surface area contributed by atoms with Gasteiger partial charge < -0.3 is 67.5 Å². The number of aryl methyl sites for hydroxylation is 11. The number of carbonyl (C=O) groups excluding carboxylic acids is 4. The number of carbonyl (C=O) groups is 4. The predicted molar refractivity (Wildman–Crippen MR) is 532 cm³/mol. The average Bonchev–Trinajstić information content (AvgIpc) is 1.77. The molecule has 8 aliphatic rings. The highest BCUT2D eigenvalue weighted by atomic mass is 32.1. The summed E-state index contributed by atoms with van der Waals surface area (Å²) < 4.78 is 9.25. The highest BCUT2D eigenvalue weighted by molar-refractivity contribution is 7.12. The van der Waals surface area contributed by atoms with E-state index < -0.39 is 22.4 Å². The highest BCUT2D eigenvalue weighted by Gasteiger charge is 2.47. The second kappa shape index (κ2) is 40.7. The van der Waals surface area contributed by atoms with Gasteiger partial charge >= 0.3 is 0 Å². The molecule has 20 rings (SSSR count). The van der Waals surface area contributed by atoms with Crippen LogP contribution in [0, 0.1) is 34.6 Å². The molecule has 4 saturated heterocycles. The standard InChI is InChI=1S/C26H36N6O2S.C25H34N6O2S.C24H33N7O2.C24H32N6O2S/c1-16(2)25-28-12-22(35-25)26(34)9-7-19(8-10-26)32-14-18(15-32)29-23(33)13-27-24-20-11-17(3)5-6-21(20)31(4)30-24;1-4-23-26-12-21(34-23)25(33)9-7-18(8-10-25)31-14-17(15-31)28-22(32)13-27-24-19-11-16(2)5-6-20(19)30(3)29-24;1-16-4-5-20-19(12-16)22(28-30(20)3)26-13-21(32)27-17-14-31(15-17)18-6-8-24(33,9-7-18)23-25-10-11-29(23)2;1-15-4-5-20-19(10-15)23(28-29(20)3)26-12-22(31)27-17-13-30(14-17)18-6-8-24(32,9-7-18)21-11-25-16(2)33-21/h5-6,11-12,16,18-19,34H,7-10,13-15H2,1-4H3,(H,27,30)(H,29,33);5-6,11-12,17-18,33H,4,7-10,13-15H2,1-3H3,(H,27,29)(H,28,32);4-5,10-12,17-18,33H,6-9,13-15H2,1-3H3,(H,26,28)(H,27,32);4-5,10-11,17-18,32H,6-9,12-14H2,1-3H3,(H,26,28)(H,27,31). The lowest BCUT2D eigenvalue weighted by molar-refractivity contribution is -0.122. The van der Waals surface area contributed by atoms with Gasteiger partial charge in [-0.25, -0.2) is 19.9 Å². The molecule has 0 atom stereocenters. The maximum atomic E-state index is 12.5. The number of benzene rings is 4. The Bertz CT molecular complexity index is 6160. The fourth-order valence-corrected chi connectivity index (χ4v) is 24.0. The molecule has 0 spiro atoms. The summed E-state index contributed by atoms with van der Waals surface area (Å²) in [6, 6.07) is 27.5. The summed E-state index contributed by atoms with van der Waals surface area (Å²) in [5, 5.41) is 95.2.